The van der Waals surface area contributed by atoms with E-state index < -0.39 is 6.72 Å². The van der Waals surface area contributed by atoms with Crippen molar-refractivity contribution < 1.29 is 13.6 Å². The Hall–Kier alpha value is 0.550. The smallest absolute Gasteiger partial charge is 0.380 e. The van der Waals surface area contributed by atoms with Gasteiger partial charge < -0.3 is 13.6 Å². The van der Waals surface area contributed by atoms with Crippen LogP contribution < -0.4 is 4.52 Å². The second-order valence-electron chi connectivity index (χ2n) is 2.96. The fourth-order valence-corrected chi connectivity index (χ4v) is 3.80. The number of halogens is 2. The molecule has 0 aliphatic rings. The molecule has 0 N–H and O–H groups in total. The number of benzene rings is 1. The third-order valence-electron chi connectivity index (χ3n) is 1.79. The minimum atomic E-state index is -2.70. The van der Waals surface area contributed by atoms with Gasteiger partial charge in [-0.25, -0.2) is 0 Å². The Bertz CT molecular complexity index is 408. The fourth-order valence-electron chi connectivity index (χ4n) is 1.03. The van der Waals surface area contributed by atoms with E-state index in [1.807, 2.05) is 19.1 Å². The van der Waals surface area contributed by atoms with Gasteiger partial charge in [0.15, 0.2) is 5.75 Å². The maximum Gasteiger partial charge on any atom is 0.380 e. The Morgan fingerprint density at radius 3 is 1.94 bits per heavy atom. The lowest BCUT2D eigenvalue weighted by molar-refractivity contribution is 0.272. The Morgan fingerprint density at radius 1 is 1.12 bits per heavy atom. The summed E-state index contributed by atoms with van der Waals surface area (Å²) in [6.45, 7) is -0.711. The van der Waals surface area contributed by atoms with E-state index in [9.17, 15) is 0 Å². The molecular formula is C9H11Br2O3PS. The van der Waals surface area contributed by atoms with Crippen molar-refractivity contribution in [3.05, 3.63) is 26.6 Å². The minimum absolute atomic E-state index is 0.595. The summed E-state index contributed by atoms with van der Waals surface area (Å²) in [6, 6.07) is 3.87. The highest BCUT2D eigenvalue weighted by Gasteiger charge is 2.21. The first-order valence-corrected chi connectivity index (χ1v) is 8.43. The maximum absolute atomic E-state index is 5.60. The average molecular weight is 390 g/mol. The van der Waals surface area contributed by atoms with E-state index in [1.165, 1.54) is 14.2 Å². The van der Waals surface area contributed by atoms with Gasteiger partial charge in [0.2, 0.25) is 0 Å². The zero-order chi connectivity index (χ0) is 12.3. The predicted molar refractivity (Wildman–Crippen MR) is 75.5 cm³/mol. The van der Waals surface area contributed by atoms with E-state index in [1.54, 1.807) is 0 Å². The van der Waals surface area contributed by atoms with Crippen LogP contribution in [-0.4, -0.2) is 14.2 Å². The number of rotatable bonds is 4. The first-order valence-electron chi connectivity index (χ1n) is 4.28. The molecule has 90 valence electrons. The van der Waals surface area contributed by atoms with E-state index in [0.717, 1.165) is 14.5 Å². The summed E-state index contributed by atoms with van der Waals surface area (Å²) in [7, 11) is 2.94. The second kappa shape index (κ2) is 5.94. The topological polar surface area (TPSA) is 27.7 Å². The lowest BCUT2D eigenvalue weighted by Gasteiger charge is -2.20. The molecule has 0 saturated heterocycles. The molecule has 0 atom stereocenters. The summed E-state index contributed by atoms with van der Waals surface area (Å²) in [6.07, 6.45) is 0. The van der Waals surface area contributed by atoms with Crippen molar-refractivity contribution in [3.63, 3.8) is 0 Å². The molecule has 1 rings (SSSR count). The lowest BCUT2D eigenvalue weighted by Crippen LogP contribution is -1.98. The summed E-state index contributed by atoms with van der Waals surface area (Å²) in [5.74, 6) is 0.595. The van der Waals surface area contributed by atoms with Gasteiger partial charge in [-0.1, -0.05) is 0 Å². The molecule has 0 aromatic heterocycles. The van der Waals surface area contributed by atoms with Gasteiger partial charge in [0.05, 0.1) is 8.95 Å². The zero-order valence-electron chi connectivity index (χ0n) is 8.99. The lowest BCUT2D eigenvalue weighted by atomic mass is 10.2. The van der Waals surface area contributed by atoms with Crippen molar-refractivity contribution in [1.82, 2.24) is 0 Å². The fraction of sp³-hybridized carbons (Fsp3) is 0.333. The molecule has 3 nitrogen and oxygen atoms in total. The van der Waals surface area contributed by atoms with Gasteiger partial charge in [0, 0.05) is 26.0 Å². The monoisotopic (exact) mass is 388 g/mol. The third-order valence-corrected chi connectivity index (χ3v) is 5.39. The molecule has 16 heavy (non-hydrogen) atoms. The van der Waals surface area contributed by atoms with Crippen molar-refractivity contribution in [3.8, 4) is 5.75 Å². The van der Waals surface area contributed by atoms with Gasteiger partial charge >= 0.3 is 6.72 Å². The first-order chi connectivity index (χ1) is 7.41. The molecule has 0 fully saturated rings. The Balaban J connectivity index is 3.11. The average Bonchev–Trinajstić information content (AvgIpc) is 2.23. The molecule has 7 heteroatoms. The molecule has 0 heterocycles. The van der Waals surface area contributed by atoms with Crippen molar-refractivity contribution in [1.29, 1.82) is 0 Å². The summed E-state index contributed by atoms with van der Waals surface area (Å²) in [5, 5.41) is 0. The zero-order valence-corrected chi connectivity index (χ0v) is 13.9. The van der Waals surface area contributed by atoms with E-state index in [4.69, 9.17) is 25.4 Å². The summed E-state index contributed by atoms with van der Waals surface area (Å²) < 4.78 is 17.4. The van der Waals surface area contributed by atoms with E-state index >= 15 is 0 Å². The molecule has 1 aromatic carbocycles. The Labute approximate surface area is 117 Å². The maximum atomic E-state index is 5.60. The van der Waals surface area contributed by atoms with Crippen LogP contribution in [0.25, 0.3) is 0 Å². The third kappa shape index (κ3) is 3.52. The van der Waals surface area contributed by atoms with Crippen LogP contribution in [0.15, 0.2) is 21.1 Å². The molecule has 0 saturated carbocycles. The van der Waals surface area contributed by atoms with E-state index in [2.05, 4.69) is 31.9 Å². The van der Waals surface area contributed by atoms with Crippen LogP contribution in [0.2, 0.25) is 0 Å². The quantitative estimate of drug-likeness (QED) is 0.712. The molecule has 0 unspecified atom stereocenters. The van der Waals surface area contributed by atoms with E-state index in [-0.39, 0.29) is 0 Å². The van der Waals surface area contributed by atoms with Gasteiger partial charge in [-0.05, 0) is 56.5 Å². The van der Waals surface area contributed by atoms with Crippen LogP contribution in [0.3, 0.4) is 0 Å². The highest BCUT2D eigenvalue weighted by Crippen LogP contribution is 2.51. The van der Waals surface area contributed by atoms with Crippen molar-refractivity contribution in [2.45, 2.75) is 6.92 Å². The molecular weight excluding hydrogens is 379 g/mol. The van der Waals surface area contributed by atoms with Crippen LogP contribution in [0.4, 0.5) is 0 Å². The van der Waals surface area contributed by atoms with Gasteiger partial charge in [-0.15, -0.1) is 0 Å². The van der Waals surface area contributed by atoms with Gasteiger partial charge in [-0.2, -0.15) is 0 Å². The number of hydrogen-bond acceptors (Lipinski definition) is 4. The molecule has 0 aliphatic heterocycles. The summed E-state index contributed by atoms with van der Waals surface area (Å²) >= 11 is 12.0. The molecule has 0 aliphatic carbocycles. The summed E-state index contributed by atoms with van der Waals surface area (Å²) in [4.78, 5) is 0. The molecule has 0 bridgehead atoms. The Morgan fingerprint density at radius 2 is 1.56 bits per heavy atom. The van der Waals surface area contributed by atoms with Gasteiger partial charge in [0.1, 0.15) is 0 Å². The SMILES string of the molecule is COP(=S)(OC)Oc1c(Br)cc(C)cc1Br. The minimum Gasteiger partial charge on any atom is -0.422 e. The van der Waals surface area contributed by atoms with Gasteiger partial charge in [0.25, 0.3) is 0 Å². The standard InChI is InChI=1S/C9H11Br2O3PS/c1-6-4-7(10)9(8(11)5-6)14-15(16,12-2)13-3/h4-5H,1-3H3. The molecule has 0 amide bonds. The predicted octanol–water partition coefficient (Wildman–Crippen LogP) is 4.42. The van der Waals surface area contributed by atoms with Crippen LogP contribution in [-0.2, 0) is 20.9 Å². The number of hydrogen-bond donors (Lipinski definition) is 0. The molecule has 0 spiro atoms. The molecule has 1 aromatic rings. The van der Waals surface area contributed by atoms with Crippen molar-refractivity contribution in [2.24, 2.45) is 0 Å². The van der Waals surface area contributed by atoms with Gasteiger partial charge in [-0.3, -0.25) is 0 Å². The summed E-state index contributed by atoms with van der Waals surface area (Å²) in [5.41, 5.74) is 1.11. The van der Waals surface area contributed by atoms with Crippen LogP contribution >= 0.6 is 38.6 Å². The number of aryl methyl sites for hydroxylation is 1. The highest BCUT2D eigenvalue weighted by atomic mass is 79.9. The highest BCUT2D eigenvalue weighted by molar-refractivity contribution is 9.11. The van der Waals surface area contributed by atoms with Crippen molar-refractivity contribution in [2.75, 3.05) is 14.2 Å². The molecule has 0 radical (unpaired) electrons. The van der Waals surface area contributed by atoms with Crippen LogP contribution in [0, 0.1) is 6.92 Å². The normalized spacial score (nSPS) is 11.6. The van der Waals surface area contributed by atoms with Crippen LogP contribution in [0.5, 0.6) is 5.75 Å². The Kier molecular flexibility index (Phi) is 5.42. The van der Waals surface area contributed by atoms with Crippen LogP contribution in [0.1, 0.15) is 5.56 Å². The largest absolute Gasteiger partial charge is 0.422 e. The second-order valence-corrected chi connectivity index (χ2v) is 7.82. The van der Waals surface area contributed by atoms with Crippen molar-refractivity contribution >= 4 is 50.4 Å². The first kappa shape index (κ1) is 14.6. The van der Waals surface area contributed by atoms with E-state index in [0.29, 0.717) is 5.75 Å².